The third-order valence-corrected chi connectivity index (χ3v) is 2.67. The predicted octanol–water partition coefficient (Wildman–Crippen LogP) is 1.16. The van der Waals surface area contributed by atoms with Crippen LogP contribution >= 0.6 is 0 Å². The van der Waals surface area contributed by atoms with E-state index >= 15 is 0 Å². The quantitative estimate of drug-likeness (QED) is 0.786. The second kappa shape index (κ2) is 4.81. The molecule has 0 aromatic carbocycles. The number of halogens is 3. The van der Waals surface area contributed by atoms with Gasteiger partial charge in [0, 0.05) is 0 Å². The Morgan fingerprint density at radius 1 is 1.24 bits per heavy atom. The summed E-state index contributed by atoms with van der Waals surface area (Å²) in [6.45, 7) is 5.50. The first-order valence-electron chi connectivity index (χ1n) is 4.58. The summed E-state index contributed by atoms with van der Waals surface area (Å²) >= 11 is 0. The van der Waals surface area contributed by atoms with Gasteiger partial charge in [-0.1, -0.05) is 0 Å². The van der Waals surface area contributed by atoms with E-state index in [1.807, 2.05) is 0 Å². The molecule has 102 valence electrons. The fraction of sp³-hybridized carbons (Fsp3) is 0.875. The number of hydrogen-bond donors (Lipinski definition) is 1. The van der Waals surface area contributed by atoms with Gasteiger partial charge in [-0.2, -0.15) is 17.9 Å². The zero-order chi connectivity index (χ0) is 14.1. The van der Waals surface area contributed by atoms with E-state index in [1.54, 1.807) is 0 Å². The van der Waals surface area contributed by atoms with Crippen molar-refractivity contribution in [2.24, 2.45) is 0 Å². The fourth-order valence-corrected chi connectivity index (χ4v) is 1.43. The maximum Gasteiger partial charge on any atom is 0.511 e. The number of nitrogens with one attached hydrogen (secondary N) is 1. The first-order valence-corrected chi connectivity index (χ1v) is 6.06. The van der Waals surface area contributed by atoms with Crippen LogP contribution in [-0.4, -0.2) is 31.5 Å². The smallest absolute Gasteiger partial charge is 0.459 e. The van der Waals surface area contributed by atoms with Crippen molar-refractivity contribution in [1.82, 2.24) is 4.72 Å². The van der Waals surface area contributed by atoms with Crippen molar-refractivity contribution in [2.75, 3.05) is 0 Å². The Kier molecular flexibility index (Phi) is 4.57. The van der Waals surface area contributed by atoms with Gasteiger partial charge in [-0.3, -0.25) is 4.79 Å². The second-order valence-corrected chi connectivity index (χ2v) is 6.03. The van der Waals surface area contributed by atoms with Gasteiger partial charge < -0.3 is 4.74 Å². The van der Waals surface area contributed by atoms with Gasteiger partial charge in [0.15, 0.2) is 0 Å². The predicted molar refractivity (Wildman–Crippen MR) is 53.4 cm³/mol. The minimum Gasteiger partial charge on any atom is -0.459 e. The lowest BCUT2D eigenvalue weighted by Gasteiger charge is -2.22. The van der Waals surface area contributed by atoms with Crippen LogP contribution in [0.15, 0.2) is 0 Å². The summed E-state index contributed by atoms with van der Waals surface area (Å²) in [5.41, 5.74) is -6.36. The Labute approximate surface area is 97.4 Å². The van der Waals surface area contributed by atoms with Crippen molar-refractivity contribution < 1.29 is 31.1 Å². The van der Waals surface area contributed by atoms with Gasteiger partial charge in [-0.15, -0.1) is 0 Å². The molecule has 0 aliphatic carbocycles. The fourth-order valence-electron chi connectivity index (χ4n) is 0.738. The maximum absolute atomic E-state index is 12.0. The van der Waals surface area contributed by atoms with Gasteiger partial charge in [-0.25, -0.2) is 8.42 Å². The van der Waals surface area contributed by atoms with Crippen LogP contribution in [0.5, 0.6) is 0 Å². The zero-order valence-electron chi connectivity index (χ0n) is 9.75. The normalized spacial score (nSPS) is 15.5. The molecule has 1 N–H and O–H groups in total. The van der Waals surface area contributed by atoms with E-state index in [0.717, 1.165) is 6.92 Å². The first-order chi connectivity index (χ1) is 7.26. The lowest BCUT2D eigenvalue weighted by atomic mass is 10.2. The molecule has 0 unspecified atom stereocenters. The van der Waals surface area contributed by atoms with Crippen molar-refractivity contribution in [2.45, 2.75) is 44.8 Å². The highest BCUT2D eigenvalue weighted by molar-refractivity contribution is 7.90. The zero-order valence-corrected chi connectivity index (χ0v) is 10.6. The maximum atomic E-state index is 12.0. The lowest BCUT2D eigenvalue weighted by molar-refractivity contribution is -0.156. The van der Waals surface area contributed by atoms with E-state index in [0.29, 0.717) is 0 Å². The first kappa shape index (κ1) is 16.2. The number of rotatable bonds is 3. The average Bonchev–Trinajstić information content (AvgIpc) is 1.97. The summed E-state index contributed by atoms with van der Waals surface area (Å²) in [6.07, 6.45) is 0. The van der Waals surface area contributed by atoms with Crippen LogP contribution in [0.25, 0.3) is 0 Å². The number of carbonyl (C=O) groups is 1. The molecule has 0 aliphatic heterocycles. The number of alkyl halides is 3. The van der Waals surface area contributed by atoms with Crippen molar-refractivity contribution in [3.05, 3.63) is 0 Å². The van der Waals surface area contributed by atoms with E-state index in [4.69, 9.17) is 4.74 Å². The molecule has 0 aliphatic rings. The molecule has 1 atom stereocenters. The highest BCUT2D eigenvalue weighted by atomic mass is 32.2. The molecular formula is C8H14F3NO4S. The molecule has 0 amide bonds. The highest BCUT2D eigenvalue weighted by Gasteiger charge is 2.47. The highest BCUT2D eigenvalue weighted by Crippen LogP contribution is 2.22. The van der Waals surface area contributed by atoms with Gasteiger partial charge in [0.1, 0.15) is 11.6 Å². The monoisotopic (exact) mass is 277 g/mol. The lowest BCUT2D eigenvalue weighted by Crippen LogP contribution is -2.46. The number of carbonyl (C=O) groups excluding carboxylic acids is 1. The largest absolute Gasteiger partial charge is 0.511 e. The summed E-state index contributed by atoms with van der Waals surface area (Å²) in [7, 11) is -5.55. The molecule has 0 saturated heterocycles. The van der Waals surface area contributed by atoms with Gasteiger partial charge >= 0.3 is 21.5 Å². The molecule has 0 rings (SSSR count). The summed E-state index contributed by atoms with van der Waals surface area (Å²) in [5, 5.41) is 0. The molecule has 0 bridgehead atoms. The van der Waals surface area contributed by atoms with Gasteiger partial charge in [0.2, 0.25) is 0 Å². The van der Waals surface area contributed by atoms with E-state index in [1.165, 1.54) is 25.5 Å². The molecule has 17 heavy (non-hydrogen) atoms. The third-order valence-electron chi connectivity index (χ3n) is 1.40. The number of ether oxygens (including phenoxy) is 1. The van der Waals surface area contributed by atoms with Crippen LogP contribution < -0.4 is 4.72 Å². The van der Waals surface area contributed by atoms with Gasteiger partial charge in [0.05, 0.1) is 0 Å². The summed E-state index contributed by atoms with van der Waals surface area (Å²) in [6, 6.07) is -1.61. The van der Waals surface area contributed by atoms with Crippen molar-refractivity contribution in [3.8, 4) is 0 Å². The summed E-state index contributed by atoms with van der Waals surface area (Å²) in [5.74, 6) is -1.08. The second-order valence-electron chi connectivity index (χ2n) is 4.32. The number of esters is 1. The summed E-state index contributed by atoms with van der Waals surface area (Å²) in [4.78, 5) is 11.2. The van der Waals surface area contributed by atoms with Crippen LogP contribution in [0.2, 0.25) is 0 Å². The Morgan fingerprint density at radius 3 is 1.94 bits per heavy atom. The molecule has 0 spiro atoms. The molecule has 0 saturated carbocycles. The van der Waals surface area contributed by atoms with E-state index in [9.17, 15) is 26.4 Å². The molecule has 0 fully saturated rings. The molecule has 5 nitrogen and oxygen atoms in total. The minimum absolute atomic E-state index is 0.908. The summed E-state index contributed by atoms with van der Waals surface area (Å²) < 4.78 is 63.3. The van der Waals surface area contributed by atoms with Crippen molar-refractivity contribution in [3.63, 3.8) is 0 Å². The molecular weight excluding hydrogens is 263 g/mol. The van der Waals surface area contributed by atoms with Crippen molar-refractivity contribution in [1.29, 1.82) is 0 Å². The van der Waals surface area contributed by atoms with Crippen LogP contribution in [0.1, 0.15) is 27.7 Å². The van der Waals surface area contributed by atoms with Crippen LogP contribution in [0.3, 0.4) is 0 Å². The third kappa shape index (κ3) is 5.35. The Bertz CT molecular complexity index is 383. The Hall–Kier alpha value is -0.830. The number of sulfonamides is 1. The van der Waals surface area contributed by atoms with Crippen LogP contribution in [-0.2, 0) is 19.6 Å². The van der Waals surface area contributed by atoms with E-state index < -0.39 is 33.1 Å². The molecule has 9 heteroatoms. The minimum atomic E-state index is -5.55. The van der Waals surface area contributed by atoms with Crippen LogP contribution in [0.4, 0.5) is 13.2 Å². The average molecular weight is 277 g/mol. The SMILES string of the molecule is C[C@H](NS(=O)(=O)C(F)(F)F)C(=O)OC(C)(C)C. The van der Waals surface area contributed by atoms with Gasteiger partial charge in [-0.05, 0) is 27.7 Å². The molecule has 0 radical (unpaired) electrons. The number of hydrogen-bond acceptors (Lipinski definition) is 4. The van der Waals surface area contributed by atoms with Crippen molar-refractivity contribution >= 4 is 16.0 Å². The molecule has 0 aromatic heterocycles. The topological polar surface area (TPSA) is 72.5 Å². The van der Waals surface area contributed by atoms with E-state index in [2.05, 4.69) is 0 Å². The Balaban J connectivity index is 4.68. The molecule has 0 heterocycles. The standard InChI is InChI=1S/C8H14F3NO4S/c1-5(6(13)16-7(2,3)4)12-17(14,15)8(9,10)11/h5,12H,1-4H3/t5-/m0/s1. The van der Waals surface area contributed by atoms with Gasteiger partial charge in [0.25, 0.3) is 0 Å². The van der Waals surface area contributed by atoms with Crippen LogP contribution in [0, 0.1) is 0 Å². The van der Waals surface area contributed by atoms with E-state index in [-0.39, 0.29) is 0 Å². The molecule has 0 aromatic rings. The Morgan fingerprint density at radius 2 is 1.65 bits per heavy atom.